The third kappa shape index (κ3) is 5.24. The first-order valence-corrected chi connectivity index (χ1v) is 16.3. The van der Waals surface area contributed by atoms with E-state index in [-0.39, 0.29) is 11.7 Å². The van der Waals surface area contributed by atoms with Crippen LogP contribution in [0, 0.1) is 11.3 Å². The fourth-order valence-corrected chi connectivity index (χ4v) is 8.15. The molecule has 216 valence electrons. The number of hydrogen-bond acceptors (Lipinski definition) is 10. The molecule has 0 bridgehead atoms. The van der Waals surface area contributed by atoms with Crippen LogP contribution < -0.4 is 10.2 Å². The number of phenolic OH excluding ortho intramolecular Hbond substituents is 1. The van der Waals surface area contributed by atoms with E-state index in [2.05, 4.69) is 26.3 Å². The van der Waals surface area contributed by atoms with Gasteiger partial charge in [-0.05, 0) is 64.4 Å². The van der Waals surface area contributed by atoms with Crippen molar-refractivity contribution in [3.8, 4) is 22.9 Å². The van der Waals surface area contributed by atoms with Crippen molar-refractivity contribution < 1.29 is 14.7 Å². The van der Waals surface area contributed by atoms with Gasteiger partial charge < -0.3 is 10.0 Å². The third-order valence-corrected chi connectivity index (χ3v) is 10.5. The topological polar surface area (TPSA) is 119 Å². The van der Waals surface area contributed by atoms with Gasteiger partial charge in [-0.25, -0.2) is 9.97 Å². The molecule has 4 heterocycles. The SMILES string of the molecule is N#Cc1cscc1-c1ccc(O)c(Cc2sc(N3CCc4cccc(C(=O)Nc5nc6ccccc6s5)c4C3)nc2C=O)c1. The van der Waals surface area contributed by atoms with Gasteiger partial charge in [0, 0.05) is 40.9 Å². The molecule has 0 spiro atoms. The normalized spacial score (nSPS) is 12.6. The Morgan fingerprint density at radius 3 is 2.82 bits per heavy atom. The highest BCUT2D eigenvalue weighted by atomic mass is 32.1. The predicted molar refractivity (Wildman–Crippen MR) is 175 cm³/mol. The molecule has 1 aliphatic heterocycles. The molecule has 0 saturated heterocycles. The van der Waals surface area contributed by atoms with Gasteiger partial charge in [-0.1, -0.05) is 41.7 Å². The quantitative estimate of drug-likeness (QED) is 0.177. The Bertz CT molecular complexity index is 2070. The van der Waals surface area contributed by atoms with E-state index >= 15 is 0 Å². The summed E-state index contributed by atoms with van der Waals surface area (Å²) >= 11 is 4.30. The lowest BCUT2D eigenvalue weighted by Gasteiger charge is -2.29. The third-order valence-electron chi connectivity index (χ3n) is 7.65. The average molecular weight is 634 g/mol. The molecule has 0 radical (unpaired) electrons. The molecule has 6 aromatic rings. The second kappa shape index (κ2) is 11.7. The smallest absolute Gasteiger partial charge is 0.257 e. The molecular formula is C33H23N5O3S3. The van der Waals surface area contributed by atoms with E-state index in [9.17, 15) is 20.0 Å². The van der Waals surface area contributed by atoms with Crippen LogP contribution in [0.2, 0.25) is 0 Å². The summed E-state index contributed by atoms with van der Waals surface area (Å²) in [5, 5.41) is 28.1. The second-order valence-corrected chi connectivity index (χ2v) is 13.1. The fourth-order valence-electron chi connectivity index (χ4n) is 5.43. The van der Waals surface area contributed by atoms with Crippen LogP contribution >= 0.6 is 34.0 Å². The summed E-state index contributed by atoms with van der Waals surface area (Å²) in [7, 11) is 0. The fraction of sp³-hybridized carbons (Fsp3) is 0.121. The van der Waals surface area contributed by atoms with Gasteiger partial charge in [0.25, 0.3) is 5.91 Å². The molecule has 2 N–H and O–H groups in total. The van der Waals surface area contributed by atoms with E-state index in [0.717, 1.165) is 50.1 Å². The molecule has 7 rings (SSSR count). The molecule has 0 saturated carbocycles. The van der Waals surface area contributed by atoms with Crippen molar-refractivity contribution in [3.05, 3.63) is 110 Å². The van der Waals surface area contributed by atoms with Crippen molar-refractivity contribution in [1.29, 1.82) is 5.26 Å². The number of amides is 1. The number of aldehydes is 1. The number of nitriles is 1. The monoisotopic (exact) mass is 633 g/mol. The minimum Gasteiger partial charge on any atom is -0.508 e. The van der Waals surface area contributed by atoms with Crippen molar-refractivity contribution in [1.82, 2.24) is 9.97 Å². The first-order valence-electron chi connectivity index (χ1n) is 13.8. The number of carbonyl (C=O) groups is 2. The molecular weight excluding hydrogens is 611 g/mol. The van der Waals surface area contributed by atoms with Crippen LogP contribution in [0.5, 0.6) is 5.75 Å². The van der Waals surface area contributed by atoms with Gasteiger partial charge in [0.05, 0.1) is 15.8 Å². The molecule has 0 aliphatic carbocycles. The van der Waals surface area contributed by atoms with Gasteiger partial charge in [0.2, 0.25) is 0 Å². The first-order chi connectivity index (χ1) is 21.5. The Kier molecular flexibility index (Phi) is 7.39. The first kappa shape index (κ1) is 27.9. The largest absolute Gasteiger partial charge is 0.508 e. The summed E-state index contributed by atoms with van der Waals surface area (Å²) in [6, 6.07) is 21.0. The van der Waals surface area contributed by atoms with Gasteiger partial charge in [-0.2, -0.15) is 16.6 Å². The number of nitrogens with zero attached hydrogens (tertiary/aromatic N) is 4. The number of aromatic nitrogens is 2. The molecule has 1 aliphatic rings. The number of rotatable bonds is 7. The number of para-hydroxylation sites is 1. The molecule has 0 fully saturated rings. The Labute approximate surface area is 264 Å². The average Bonchev–Trinajstić information content (AvgIpc) is 3.79. The van der Waals surface area contributed by atoms with Gasteiger partial charge in [-0.15, -0.1) is 11.3 Å². The predicted octanol–water partition coefficient (Wildman–Crippen LogP) is 7.28. The lowest BCUT2D eigenvalue weighted by atomic mass is 9.94. The molecule has 0 unspecified atom stereocenters. The van der Waals surface area contributed by atoms with Gasteiger partial charge in [0.15, 0.2) is 16.5 Å². The van der Waals surface area contributed by atoms with Crippen molar-refractivity contribution in [2.24, 2.45) is 0 Å². The minimum absolute atomic E-state index is 0.116. The van der Waals surface area contributed by atoms with Crippen LogP contribution in [0.3, 0.4) is 0 Å². The van der Waals surface area contributed by atoms with E-state index in [1.807, 2.05) is 53.9 Å². The highest BCUT2D eigenvalue weighted by Gasteiger charge is 2.26. The zero-order valence-corrected chi connectivity index (χ0v) is 25.6. The molecule has 8 nitrogen and oxygen atoms in total. The number of hydrogen-bond donors (Lipinski definition) is 2. The zero-order valence-electron chi connectivity index (χ0n) is 23.1. The summed E-state index contributed by atoms with van der Waals surface area (Å²) < 4.78 is 1.01. The number of anilines is 2. The highest BCUT2D eigenvalue weighted by Crippen LogP contribution is 2.36. The Morgan fingerprint density at radius 1 is 1.09 bits per heavy atom. The van der Waals surface area contributed by atoms with Gasteiger partial charge >= 0.3 is 0 Å². The lowest BCUT2D eigenvalue weighted by molar-refractivity contribution is 0.102. The number of fused-ring (bicyclic) bond motifs is 2. The summed E-state index contributed by atoms with van der Waals surface area (Å²) in [6.45, 7) is 1.16. The summed E-state index contributed by atoms with van der Waals surface area (Å²) in [6.07, 6.45) is 1.79. The van der Waals surface area contributed by atoms with Crippen molar-refractivity contribution in [2.45, 2.75) is 19.4 Å². The van der Waals surface area contributed by atoms with Gasteiger partial charge in [0.1, 0.15) is 17.5 Å². The van der Waals surface area contributed by atoms with Crippen LogP contribution in [0.15, 0.2) is 71.4 Å². The van der Waals surface area contributed by atoms with Crippen LogP contribution in [0.25, 0.3) is 21.3 Å². The van der Waals surface area contributed by atoms with E-state index in [1.165, 1.54) is 34.0 Å². The number of carbonyl (C=O) groups excluding carboxylic acids is 2. The maximum atomic E-state index is 13.4. The van der Waals surface area contributed by atoms with E-state index in [1.54, 1.807) is 17.5 Å². The molecule has 3 aromatic heterocycles. The number of phenols is 1. The zero-order chi connectivity index (χ0) is 30.2. The van der Waals surface area contributed by atoms with Crippen molar-refractivity contribution >= 4 is 66.7 Å². The summed E-state index contributed by atoms with van der Waals surface area (Å²) in [5.41, 5.74) is 6.67. The molecule has 3 aromatic carbocycles. The highest BCUT2D eigenvalue weighted by molar-refractivity contribution is 7.22. The number of thiophene rings is 1. The second-order valence-electron chi connectivity index (χ2n) is 10.3. The van der Waals surface area contributed by atoms with Gasteiger partial charge in [-0.3, -0.25) is 14.9 Å². The number of nitrogens with one attached hydrogen (secondary N) is 1. The van der Waals surface area contributed by atoms with Crippen LogP contribution in [-0.4, -0.2) is 33.8 Å². The molecule has 44 heavy (non-hydrogen) atoms. The van der Waals surface area contributed by atoms with Crippen LogP contribution in [0.1, 0.15) is 48.0 Å². The molecule has 0 atom stereocenters. The lowest BCUT2D eigenvalue weighted by Crippen LogP contribution is -2.32. The van der Waals surface area contributed by atoms with E-state index in [4.69, 9.17) is 0 Å². The number of aromatic hydroxyl groups is 1. The summed E-state index contributed by atoms with van der Waals surface area (Å²) in [5.74, 6) is -0.0957. The maximum Gasteiger partial charge on any atom is 0.257 e. The minimum atomic E-state index is -0.211. The number of thiazole rings is 2. The van der Waals surface area contributed by atoms with Crippen LogP contribution in [-0.2, 0) is 19.4 Å². The van der Waals surface area contributed by atoms with Crippen molar-refractivity contribution in [2.75, 3.05) is 16.8 Å². The molecule has 11 heteroatoms. The standard InChI is InChI=1S/C33H23N5O3S3/c34-14-22-17-42-18-25(22)20-8-9-28(40)21(12-20)13-30-27(16-39)36-33(44-30)38-11-10-19-4-3-5-23(24(19)15-38)31(41)37-32-35-26-6-1-2-7-29(26)43-32/h1-9,12,16-18,40H,10-11,13,15H2,(H,35,37,41). The van der Waals surface area contributed by atoms with E-state index in [0.29, 0.717) is 52.2 Å². The Hall–Kier alpha value is -4.89. The number of benzene rings is 3. The van der Waals surface area contributed by atoms with E-state index < -0.39 is 0 Å². The van der Waals surface area contributed by atoms with Crippen LogP contribution in [0.4, 0.5) is 10.3 Å². The summed E-state index contributed by atoms with van der Waals surface area (Å²) in [4.78, 5) is 37.6. The maximum absolute atomic E-state index is 13.4. The van der Waals surface area contributed by atoms with Crippen molar-refractivity contribution in [3.63, 3.8) is 0 Å². The molecule has 1 amide bonds. The Morgan fingerprint density at radius 2 is 1.98 bits per heavy atom. The Balaban J connectivity index is 1.14.